The Balaban J connectivity index is 1.18. The minimum absolute atomic E-state index is 0.0235. The van der Waals surface area contributed by atoms with Gasteiger partial charge >= 0.3 is 0 Å². The first-order valence-electron chi connectivity index (χ1n) is 10.2. The van der Waals surface area contributed by atoms with Crippen molar-refractivity contribution in [3.05, 3.63) is 59.7 Å². The van der Waals surface area contributed by atoms with Crippen molar-refractivity contribution >= 4 is 5.91 Å². The van der Waals surface area contributed by atoms with Crippen molar-refractivity contribution in [1.29, 1.82) is 0 Å². The number of nitrogens with one attached hydrogen (secondary N) is 2. The fraction of sp³-hybridized carbons (Fsp3) is 0.409. The van der Waals surface area contributed by atoms with Crippen molar-refractivity contribution < 1.29 is 14.3 Å². The normalized spacial score (nSPS) is 24.1. The zero-order chi connectivity index (χ0) is 19.6. The second-order valence-electron chi connectivity index (χ2n) is 7.81. The number of hydrazine groups is 1. The molecule has 2 saturated heterocycles. The largest absolute Gasteiger partial charge is 0.454 e. The van der Waals surface area contributed by atoms with Crippen LogP contribution in [0.25, 0.3) is 0 Å². The van der Waals surface area contributed by atoms with E-state index in [1.165, 1.54) is 5.56 Å². The zero-order valence-electron chi connectivity index (χ0n) is 16.3. The number of fused-ring (bicyclic) bond motifs is 1. The summed E-state index contributed by atoms with van der Waals surface area (Å²) >= 11 is 0. The molecule has 0 bridgehead atoms. The predicted molar refractivity (Wildman–Crippen MR) is 108 cm³/mol. The van der Waals surface area contributed by atoms with Gasteiger partial charge in [0.15, 0.2) is 11.5 Å². The maximum absolute atomic E-state index is 13.2. The van der Waals surface area contributed by atoms with Crippen molar-refractivity contribution in [3.63, 3.8) is 0 Å². The number of amides is 1. The van der Waals surface area contributed by atoms with Crippen LogP contribution < -0.4 is 20.3 Å². The molecule has 7 nitrogen and oxygen atoms in total. The molecule has 1 amide bonds. The topological polar surface area (TPSA) is 66.1 Å². The van der Waals surface area contributed by atoms with Gasteiger partial charge in [-0.25, -0.2) is 5.43 Å². The van der Waals surface area contributed by atoms with Gasteiger partial charge in [-0.3, -0.25) is 15.1 Å². The van der Waals surface area contributed by atoms with Crippen LogP contribution in [-0.4, -0.2) is 55.2 Å². The summed E-state index contributed by atoms with van der Waals surface area (Å²) in [6.45, 7) is 5.11. The van der Waals surface area contributed by atoms with Crippen LogP contribution in [0, 0.1) is 5.92 Å². The molecule has 0 spiro atoms. The van der Waals surface area contributed by atoms with Crippen LogP contribution in [0.15, 0.2) is 48.5 Å². The van der Waals surface area contributed by atoms with E-state index in [9.17, 15) is 4.79 Å². The van der Waals surface area contributed by atoms with Gasteiger partial charge in [0.05, 0.1) is 12.0 Å². The molecular formula is C22H26N4O3. The molecule has 0 radical (unpaired) electrons. The van der Waals surface area contributed by atoms with E-state index in [-0.39, 0.29) is 17.9 Å². The summed E-state index contributed by atoms with van der Waals surface area (Å²) in [5.41, 5.74) is 8.81. The summed E-state index contributed by atoms with van der Waals surface area (Å²) in [7, 11) is 0. The number of carbonyl (C=O) groups excluding carboxylic acids is 1. The van der Waals surface area contributed by atoms with Crippen molar-refractivity contribution in [1.82, 2.24) is 20.7 Å². The van der Waals surface area contributed by atoms with Crippen LogP contribution in [0.1, 0.15) is 17.2 Å². The highest BCUT2D eigenvalue weighted by atomic mass is 16.7. The van der Waals surface area contributed by atoms with Crippen LogP contribution in [0.3, 0.4) is 0 Å². The van der Waals surface area contributed by atoms with Gasteiger partial charge in [0.2, 0.25) is 12.7 Å². The van der Waals surface area contributed by atoms with E-state index < -0.39 is 0 Å². The van der Waals surface area contributed by atoms with E-state index in [2.05, 4.69) is 40.0 Å². The molecule has 2 atom stereocenters. The summed E-state index contributed by atoms with van der Waals surface area (Å²) in [5, 5.41) is 0. The Hall–Kier alpha value is -2.61. The maximum atomic E-state index is 13.2. The number of hydrogen-bond acceptors (Lipinski definition) is 6. The number of ether oxygens (including phenoxy) is 2. The van der Waals surface area contributed by atoms with Gasteiger partial charge in [-0.1, -0.05) is 36.4 Å². The molecule has 29 heavy (non-hydrogen) atoms. The smallest absolute Gasteiger partial charge is 0.231 e. The molecule has 2 aromatic carbocycles. The molecule has 2 unspecified atom stereocenters. The fourth-order valence-electron chi connectivity index (χ4n) is 4.36. The van der Waals surface area contributed by atoms with Crippen LogP contribution in [0.5, 0.6) is 11.5 Å². The van der Waals surface area contributed by atoms with E-state index in [1.807, 2.05) is 29.2 Å². The van der Waals surface area contributed by atoms with Gasteiger partial charge in [-0.15, -0.1) is 0 Å². The molecule has 7 heteroatoms. The lowest BCUT2D eigenvalue weighted by Gasteiger charge is -2.36. The molecular weight excluding hydrogens is 368 g/mol. The van der Waals surface area contributed by atoms with E-state index in [0.29, 0.717) is 13.3 Å². The number of rotatable bonds is 4. The highest BCUT2D eigenvalue weighted by molar-refractivity contribution is 5.80. The van der Waals surface area contributed by atoms with Crippen molar-refractivity contribution in [3.8, 4) is 11.5 Å². The molecule has 2 fully saturated rings. The minimum atomic E-state index is -0.0715. The monoisotopic (exact) mass is 394 g/mol. The standard InChI is InChI=1S/C22H26N4O3/c27-22(18-13-23-24-21(18)17-4-2-1-3-5-17)26-10-8-25(9-11-26)14-16-6-7-19-20(12-16)29-15-28-19/h1-7,12,18,21,23-24H,8-11,13-15H2. The minimum Gasteiger partial charge on any atom is -0.454 e. The Morgan fingerprint density at radius 1 is 1.00 bits per heavy atom. The van der Waals surface area contributed by atoms with Gasteiger partial charge < -0.3 is 14.4 Å². The van der Waals surface area contributed by atoms with E-state index in [0.717, 1.165) is 49.8 Å². The molecule has 2 aromatic rings. The summed E-state index contributed by atoms with van der Waals surface area (Å²) in [4.78, 5) is 17.6. The molecule has 152 valence electrons. The summed E-state index contributed by atoms with van der Waals surface area (Å²) in [5.74, 6) is 1.80. The third-order valence-corrected chi connectivity index (χ3v) is 5.98. The quantitative estimate of drug-likeness (QED) is 0.820. The van der Waals surface area contributed by atoms with E-state index in [4.69, 9.17) is 9.47 Å². The third kappa shape index (κ3) is 3.81. The highest BCUT2D eigenvalue weighted by Gasteiger charge is 2.37. The Morgan fingerprint density at radius 3 is 2.62 bits per heavy atom. The number of benzene rings is 2. The first-order chi connectivity index (χ1) is 14.3. The van der Waals surface area contributed by atoms with Gasteiger partial charge in [-0.05, 0) is 23.3 Å². The molecule has 2 N–H and O–H groups in total. The maximum Gasteiger partial charge on any atom is 0.231 e. The van der Waals surface area contributed by atoms with Crippen LogP contribution in [0.2, 0.25) is 0 Å². The Labute approximate surface area is 170 Å². The lowest BCUT2D eigenvalue weighted by molar-refractivity contribution is -0.137. The number of hydrogen-bond donors (Lipinski definition) is 2. The molecule has 3 heterocycles. The van der Waals surface area contributed by atoms with E-state index in [1.54, 1.807) is 0 Å². The molecule has 0 saturated carbocycles. The number of nitrogens with zero attached hydrogens (tertiary/aromatic N) is 2. The highest BCUT2D eigenvalue weighted by Crippen LogP contribution is 2.33. The van der Waals surface area contributed by atoms with Gasteiger partial charge in [0, 0.05) is 39.3 Å². The Kier molecular flexibility index (Phi) is 5.10. The Bertz CT molecular complexity index is 868. The summed E-state index contributed by atoms with van der Waals surface area (Å²) < 4.78 is 10.9. The van der Waals surface area contributed by atoms with Crippen molar-refractivity contribution in [2.24, 2.45) is 5.92 Å². The second kappa shape index (κ2) is 8.02. The average Bonchev–Trinajstić information content (AvgIpc) is 3.44. The SMILES string of the molecule is O=C(C1CNNC1c1ccccc1)N1CCN(Cc2ccc3c(c2)OCO3)CC1. The molecule has 0 aromatic heterocycles. The summed E-state index contributed by atoms with van der Waals surface area (Å²) in [6.07, 6.45) is 0. The average molecular weight is 394 g/mol. The van der Waals surface area contributed by atoms with E-state index >= 15 is 0 Å². The molecule has 0 aliphatic carbocycles. The second-order valence-corrected chi connectivity index (χ2v) is 7.81. The third-order valence-electron chi connectivity index (χ3n) is 5.98. The van der Waals surface area contributed by atoms with Gasteiger partial charge in [-0.2, -0.15) is 0 Å². The van der Waals surface area contributed by atoms with Crippen molar-refractivity contribution in [2.75, 3.05) is 39.5 Å². The lowest BCUT2D eigenvalue weighted by Crippen LogP contribution is -2.50. The fourth-order valence-corrected chi connectivity index (χ4v) is 4.36. The Morgan fingerprint density at radius 2 is 1.79 bits per heavy atom. The molecule has 3 aliphatic rings. The van der Waals surface area contributed by atoms with Crippen LogP contribution in [-0.2, 0) is 11.3 Å². The number of carbonyl (C=O) groups is 1. The molecule has 3 aliphatic heterocycles. The number of piperazine rings is 1. The van der Waals surface area contributed by atoms with Crippen LogP contribution >= 0.6 is 0 Å². The predicted octanol–water partition coefficient (Wildman–Crippen LogP) is 1.52. The van der Waals surface area contributed by atoms with Gasteiger partial charge in [0.25, 0.3) is 0 Å². The first kappa shape index (κ1) is 18.4. The van der Waals surface area contributed by atoms with Crippen molar-refractivity contribution in [2.45, 2.75) is 12.6 Å². The molecule has 5 rings (SSSR count). The lowest BCUT2D eigenvalue weighted by atomic mass is 9.93. The summed E-state index contributed by atoms with van der Waals surface area (Å²) in [6, 6.07) is 16.3. The zero-order valence-corrected chi connectivity index (χ0v) is 16.3. The first-order valence-corrected chi connectivity index (χ1v) is 10.2. The van der Waals surface area contributed by atoms with Crippen LogP contribution in [0.4, 0.5) is 0 Å². The van der Waals surface area contributed by atoms with Gasteiger partial charge in [0.1, 0.15) is 0 Å².